The Bertz CT molecular complexity index is 839. The van der Waals surface area contributed by atoms with Gasteiger partial charge in [-0.2, -0.15) is 0 Å². The molecule has 10 atom stereocenters. The van der Waals surface area contributed by atoms with Crippen LogP contribution in [0.5, 0.6) is 0 Å². The number of fused-ring (bicyclic) bond motifs is 3. The van der Waals surface area contributed by atoms with E-state index in [9.17, 15) is 10.2 Å². The lowest BCUT2D eigenvalue weighted by molar-refractivity contribution is -0.282. The number of allylic oxidation sites excluding steroid dienone is 4. The summed E-state index contributed by atoms with van der Waals surface area (Å²) >= 11 is 0. The molecule has 0 aromatic rings. The van der Waals surface area contributed by atoms with Crippen LogP contribution < -0.4 is 0 Å². The first-order valence-corrected chi connectivity index (χ1v) is 12.7. The van der Waals surface area contributed by atoms with E-state index in [1.54, 1.807) is 6.92 Å². The van der Waals surface area contributed by atoms with Crippen molar-refractivity contribution < 1.29 is 24.4 Å². The smallest absolute Gasteiger partial charge is 0.163 e. The van der Waals surface area contributed by atoms with E-state index in [1.165, 1.54) is 11.1 Å². The molecule has 2 saturated carbocycles. The van der Waals surface area contributed by atoms with Gasteiger partial charge in [-0.1, -0.05) is 36.8 Å². The quantitative estimate of drug-likeness (QED) is 0.359. The minimum atomic E-state index is -1.05. The van der Waals surface area contributed by atoms with E-state index in [4.69, 9.17) is 14.2 Å². The number of rotatable bonds is 4. The molecule has 33 heavy (non-hydrogen) atoms. The van der Waals surface area contributed by atoms with E-state index in [0.29, 0.717) is 25.4 Å². The van der Waals surface area contributed by atoms with Crippen molar-refractivity contribution in [2.24, 2.45) is 29.6 Å². The summed E-state index contributed by atoms with van der Waals surface area (Å²) in [6, 6.07) is 0. The molecule has 5 heteroatoms. The number of aliphatic hydroxyl groups excluding tert-OH is 1. The number of hydrogen-bond acceptors (Lipinski definition) is 5. The van der Waals surface area contributed by atoms with Gasteiger partial charge in [-0.25, -0.2) is 0 Å². The molecule has 0 aromatic heterocycles. The van der Waals surface area contributed by atoms with E-state index >= 15 is 0 Å². The van der Waals surface area contributed by atoms with Crippen LogP contribution in [0, 0.1) is 29.6 Å². The molecule has 186 valence electrons. The van der Waals surface area contributed by atoms with Crippen LogP contribution >= 0.6 is 0 Å². The highest BCUT2D eigenvalue weighted by Gasteiger charge is 2.70. The van der Waals surface area contributed by atoms with Gasteiger partial charge in [0.15, 0.2) is 5.79 Å². The number of aliphatic hydroxyl groups is 2. The van der Waals surface area contributed by atoms with Gasteiger partial charge in [0.25, 0.3) is 0 Å². The van der Waals surface area contributed by atoms with Crippen molar-refractivity contribution >= 4 is 0 Å². The Morgan fingerprint density at radius 1 is 1.03 bits per heavy atom. The standard InChI is InChI=1S/C28H44O5/c1-9-16(2)23-19(12-10-11-17(3)24-18(4)15-31-26(5,6)32-24)20-13-22(29)27(7,30)14-21(20)25-28(23,8)33-25/h9-12,18-25,29-30H,13-15H2,1-8H3/b12-10+,16-9+,17-11+/t18-,19-,20-,21+,22+,23-,24+,25-,27+,28+/m0/s1. The van der Waals surface area contributed by atoms with Gasteiger partial charge in [-0.3, -0.25) is 0 Å². The summed E-state index contributed by atoms with van der Waals surface area (Å²) in [4.78, 5) is 0. The van der Waals surface area contributed by atoms with Crippen LogP contribution in [0.25, 0.3) is 0 Å². The van der Waals surface area contributed by atoms with Crippen LogP contribution in [0.2, 0.25) is 0 Å². The zero-order valence-corrected chi connectivity index (χ0v) is 21.7. The van der Waals surface area contributed by atoms with Gasteiger partial charge >= 0.3 is 0 Å². The minimum absolute atomic E-state index is 0.0332. The second kappa shape index (κ2) is 8.60. The van der Waals surface area contributed by atoms with Gasteiger partial charge in [0.2, 0.25) is 0 Å². The van der Waals surface area contributed by atoms with Crippen molar-refractivity contribution in [2.45, 2.75) is 104 Å². The van der Waals surface area contributed by atoms with Crippen molar-refractivity contribution in [3.05, 3.63) is 35.5 Å². The summed E-state index contributed by atoms with van der Waals surface area (Å²) in [7, 11) is 0. The summed E-state index contributed by atoms with van der Waals surface area (Å²) in [5.41, 5.74) is 1.28. The molecule has 0 bridgehead atoms. The van der Waals surface area contributed by atoms with Crippen LogP contribution in [0.1, 0.15) is 68.2 Å². The first-order chi connectivity index (χ1) is 15.3. The molecule has 4 aliphatic rings. The Labute approximate surface area is 199 Å². The SMILES string of the molecule is C/C=C(\C)[C@H]1[C@@H](/C=C/C=C(\C)[C@H]2OC(C)(C)OC[C@@H]2C)[C@@H]2C[C@@H](O)[C@](C)(O)C[C@H]2[C@@H]2O[C@@]21C. The molecule has 0 amide bonds. The minimum Gasteiger partial charge on any atom is -0.390 e. The zero-order chi connectivity index (χ0) is 24.3. The van der Waals surface area contributed by atoms with Crippen LogP contribution in [0.4, 0.5) is 0 Å². The van der Waals surface area contributed by atoms with Gasteiger partial charge in [0.05, 0.1) is 36.1 Å². The highest BCUT2D eigenvalue weighted by atomic mass is 16.7. The third kappa shape index (κ3) is 4.52. The average Bonchev–Trinajstić information content (AvgIpc) is 3.42. The second-order valence-corrected chi connectivity index (χ2v) is 12.0. The average molecular weight is 461 g/mol. The van der Waals surface area contributed by atoms with Gasteiger partial charge in [0, 0.05) is 11.8 Å². The van der Waals surface area contributed by atoms with E-state index in [1.807, 2.05) is 13.8 Å². The zero-order valence-electron chi connectivity index (χ0n) is 21.7. The lowest BCUT2D eigenvalue weighted by Crippen LogP contribution is -2.55. The largest absolute Gasteiger partial charge is 0.390 e. The topological polar surface area (TPSA) is 71.5 Å². The molecule has 4 fully saturated rings. The van der Waals surface area contributed by atoms with Crippen molar-refractivity contribution in [2.75, 3.05) is 6.61 Å². The Hall–Kier alpha value is -0.980. The van der Waals surface area contributed by atoms with Gasteiger partial charge < -0.3 is 24.4 Å². The number of hydrogen-bond donors (Lipinski definition) is 2. The summed E-state index contributed by atoms with van der Waals surface area (Å²) < 4.78 is 18.4. The molecule has 2 saturated heterocycles. The highest BCUT2D eigenvalue weighted by Crippen LogP contribution is 2.64. The summed E-state index contributed by atoms with van der Waals surface area (Å²) in [6.45, 7) is 17.2. The molecule has 0 radical (unpaired) electrons. The van der Waals surface area contributed by atoms with Crippen molar-refractivity contribution in [1.82, 2.24) is 0 Å². The summed E-state index contributed by atoms with van der Waals surface area (Å²) in [5, 5.41) is 21.5. The van der Waals surface area contributed by atoms with Crippen molar-refractivity contribution in [3.63, 3.8) is 0 Å². The van der Waals surface area contributed by atoms with E-state index in [2.05, 4.69) is 58.9 Å². The van der Waals surface area contributed by atoms with Crippen LogP contribution in [0.3, 0.4) is 0 Å². The van der Waals surface area contributed by atoms with E-state index in [-0.39, 0.29) is 41.5 Å². The van der Waals surface area contributed by atoms with Crippen LogP contribution in [-0.2, 0) is 14.2 Å². The second-order valence-electron chi connectivity index (χ2n) is 12.0. The fourth-order valence-electron chi connectivity index (χ4n) is 6.89. The summed E-state index contributed by atoms with van der Waals surface area (Å²) in [6.07, 6.45) is 9.55. The first-order valence-electron chi connectivity index (χ1n) is 12.7. The monoisotopic (exact) mass is 460 g/mol. The number of epoxide rings is 1. The molecular weight excluding hydrogens is 416 g/mol. The summed E-state index contributed by atoms with van der Waals surface area (Å²) in [5.74, 6) is 0.787. The van der Waals surface area contributed by atoms with Crippen LogP contribution in [-0.4, -0.2) is 52.1 Å². The molecule has 4 rings (SSSR count). The Kier molecular flexibility index (Phi) is 6.55. The maximum atomic E-state index is 10.8. The Balaban J connectivity index is 1.61. The predicted octanol–water partition coefficient (Wildman–Crippen LogP) is 4.78. The predicted molar refractivity (Wildman–Crippen MR) is 129 cm³/mol. The van der Waals surface area contributed by atoms with E-state index < -0.39 is 17.5 Å². The van der Waals surface area contributed by atoms with Crippen molar-refractivity contribution in [3.8, 4) is 0 Å². The highest BCUT2D eigenvalue weighted by molar-refractivity contribution is 5.29. The lowest BCUT2D eigenvalue weighted by atomic mass is 9.54. The fourth-order valence-corrected chi connectivity index (χ4v) is 6.89. The Morgan fingerprint density at radius 3 is 2.39 bits per heavy atom. The molecule has 0 unspecified atom stereocenters. The van der Waals surface area contributed by atoms with Gasteiger partial charge in [0.1, 0.15) is 0 Å². The molecule has 2 aliphatic heterocycles. The first kappa shape index (κ1) is 25.1. The van der Waals surface area contributed by atoms with Crippen molar-refractivity contribution in [1.29, 1.82) is 0 Å². The van der Waals surface area contributed by atoms with Crippen LogP contribution in [0.15, 0.2) is 35.5 Å². The molecule has 0 aromatic carbocycles. The fraction of sp³-hybridized carbons (Fsp3) is 0.786. The molecule has 2 heterocycles. The third-order valence-electron chi connectivity index (χ3n) is 8.90. The number of ether oxygens (including phenoxy) is 3. The van der Waals surface area contributed by atoms with Gasteiger partial charge in [-0.05, 0) is 84.6 Å². The Morgan fingerprint density at radius 2 is 1.73 bits per heavy atom. The maximum Gasteiger partial charge on any atom is 0.163 e. The molecule has 2 aliphatic carbocycles. The third-order valence-corrected chi connectivity index (χ3v) is 8.90. The lowest BCUT2D eigenvalue weighted by Gasteiger charge is -2.50. The van der Waals surface area contributed by atoms with E-state index in [0.717, 1.165) is 0 Å². The molecule has 2 N–H and O–H groups in total. The van der Waals surface area contributed by atoms with Gasteiger partial charge in [-0.15, -0.1) is 0 Å². The molecular formula is C28H44O5. The normalized spacial score (nSPS) is 50.1. The molecule has 5 nitrogen and oxygen atoms in total. The molecule has 0 spiro atoms. The maximum absolute atomic E-state index is 10.8.